The highest BCUT2D eigenvalue weighted by Crippen LogP contribution is 2.17. The second kappa shape index (κ2) is 5.88. The summed E-state index contributed by atoms with van der Waals surface area (Å²) in [5, 5.41) is 0. The van der Waals surface area contributed by atoms with Gasteiger partial charge in [-0.05, 0) is 18.6 Å². The maximum atomic E-state index is 12.1. The molecule has 0 aromatic heterocycles. The Morgan fingerprint density at radius 3 is 2.70 bits per heavy atom. The molecular weight excluding hydrogens is 256 g/mol. The van der Waals surface area contributed by atoms with Gasteiger partial charge in [0.1, 0.15) is 0 Å². The average Bonchev–Trinajstić information content (AvgIpc) is 2.46. The molecule has 1 aromatic carbocycles. The first-order valence-electron chi connectivity index (χ1n) is 6.47. The molecule has 1 heterocycles. The number of carbonyl (C=O) groups is 2. The third kappa shape index (κ3) is 3.24. The lowest BCUT2D eigenvalue weighted by molar-refractivity contribution is -0.158. The van der Waals surface area contributed by atoms with Crippen LogP contribution in [0.2, 0.25) is 0 Å². The fourth-order valence-corrected chi connectivity index (χ4v) is 2.04. The van der Waals surface area contributed by atoms with Gasteiger partial charge in [0, 0.05) is 12.6 Å². The van der Waals surface area contributed by atoms with Crippen LogP contribution >= 0.6 is 0 Å². The molecule has 0 saturated carbocycles. The van der Waals surface area contributed by atoms with Crippen molar-refractivity contribution in [3.05, 3.63) is 42.0 Å². The molecule has 1 atom stereocenters. The Bertz CT molecular complexity index is 527. The van der Waals surface area contributed by atoms with Crippen LogP contribution in [-0.2, 0) is 14.3 Å². The Kier molecular flexibility index (Phi) is 4.20. The molecule has 2 amide bonds. The number of nitrogens with two attached hydrogens (primary N) is 1. The maximum absolute atomic E-state index is 12.1. The van der Waals surface area contributed by atoms with Gasteiger partial charge in [-0.2, -0.15) is 0 Å². The smallest absolute Gasteiger partial charge is 0.251 e. The molecule has 106 valence electrons. The lowest BCUT2D eigenvalue weighted by Gasteiger charge is -2.37. The predicted molar refractivity (Wildman–Crippen MR) is 75.6 cm³/mol. The highest BCUT2D eigenvalue weighted by Gasteiger charge is 2.38. The quantitative estimate of drug-likeness (QED) is 0.829. The summed E-state index contributed by atoms with van der Waals surface area (Å²) in [5.74, 6) is -0.702. The molecule has 0 aliphatic carbocycles. The van der Waals surface area contributed by atoms with Crippen LogP contribution in [-0.4, -0.2) is 42.0 Å². The van der Waals surface area contributed by atoms with Gasteiger partial charge in [-0.25, -0.2) is 0 Å². The minimum atomic E-state index is -1.10. The summed E-state index contributed by atoms with van der Waals surface area (Å²) in [7, 11) is 0. The molecule has 1 aliphatic heterocycles. The van der Waals surface area contributed by atoms with Crippen LogP contribution in [0.25, 0.3) is 6.08 Å². The molecule has 1 aliphatic rings. The first-order valence-corrected chi connectivity index (χ1v) is 6.47. The molecule has 0 radical (unpaired) electrons. The number of amides is 2. The lowest BCUT2D eigenvalue weighted by Crippen LogP contribution is -2.58. The summed E-state index contributed by atoms with van der Waals surface area (Å²) in [6.45, 7) is 2.56. The van der Waals surface area contributed by atoms with Crippen molar-refractivity contribution in [2.24, 2.45) is 5.73 Å². The van der Waals surface area contributed by atoms with Crippen LogP contribution in [0.4, 0.5) is 0 Å². The molecule has 1 aromatic rings. The maximum Gasteiger partial charge on any atom is 0.251 e. The topological polar surface area (TPSA) is 72.6 Å². The minimum absolute atomic E-state index is 0.148. The number of morpholine rings is 1. The number of rotatable bonds is 3. The number of ether oxygens (including phenoxy) is 1. The largest absolute Gasteiger partial charge is 0.367 e. The van der Waals surface area contributed by atoms with Crippen LogP contribution in [0.3, 0.4) is 0 Å². The Labute approximate surface area is 118 Å². The van der Waals surface area contributed by atoms with Crippen LogP contribution < -0.4 is 5.73 Å². The van der Waals surface area contributed by atoms with Gasteiger partial charge >= 0.3 is 0 Å². The highest BCUT2D eigenvalue weighted by molar-refractivity contribution is 5.93. The van der Waals surface area contributed by atoms with Gasteiger partial charge in [-0.15, -0.1) is 0 Å². The molecule has 2 N–H and O–H groups in total. The molecule has 1 fully saturated rings. The van der Waals surface area contributed by atoms with Crippen molar-refractivity contribution in [3.63, 3.8) is 0 Å². The molecule has 5 nitrogen and oxygen atoms in total. The third-order valence-corrected chi connectivity index (χ3v) is 3.33. The van der Waals surface area contributed by atoms with Gasteiger partial charge in [0.05, 0.1) is 13.2 Å². The van der Waals surface area contributed by atoms with E-state index in [0.717, 1.165) is 5.56 Å². The Balaban J connectivity index is 2.03. The van der Waals surface area contributed by atoms with Crippen molar-refractivity contribution in [1.82, 2.24) is 4.90 Å². The number of benzene rings is 1. The molecule has 20 heavy (non-hydrogen) atoms. The molecule has 1 saturated heterocycles. The number of primary amides is 1. The van der Waals surface area contributed by atoms with Crippen molar-refractivity contribution >= 4 is 17.9 Å². The fraction of sp³-hybridized carbons (Fsp3) is 0.333. The monoisotopic (exact) mass is 274 g/mol. The summed E-state index contributed by atoms with van der Waals surface area (Å²) in [4.78, 5) is 25.1. The zero-order valence-electron chi connectivity index (χ0n) is 11.4. The number of hydrogen-bond donors (Lipinski definition) is 1. The summed E-state index contributed by atoms with van der Waals surface area (Å²) in [6.07, 6.45) is 3.25. The van der Waals surface area contributed by atoms with E-state index in [4.69, 9.17) is 10.5 Å². The average molecular weight is 274 g/mol. The fourth-order valence-electron chi connectivity index (χ4n) is 2.04. The lowest BCUT2D eigenvalue weighted by atomic mass is 10.0. The molecular formula is C15H18N2O3. The van der Waals surface area contributed by atoms with E-state index in [2.05, 4.69) is 0 Å². The van der Waals surface area contributed by atoms with E-state index >= 15 is 0 Å². The van der Waals surface area contributed by atoms with E-state index in [0.29, 0.717) is 13.2 Å². The summed E-state index contributed by atoms with van der Waals surface area (Å²) >= 11 is 0. The van der Waals surface area contributed by atoms with Crippen molar-refractivity contribution in [1.29, 1.82) is 0 Å². The van der Waals surface area contributed by atoms with Gasteiger partial charge in [-0.3, -0.25) is 9.59 Å². The Hall–Kier alpha value is -2.14. The first-order chi connectivity index (χ1) is 9.51. The van der Waals surface area contributed by atoms with E-state index in [9.17, 15) is 9.59 Å². The zero-order valence-corrected chi connectivity index (χ0v) is 11.4. The standard InChI is InChI=1S/C15H18N2O3/c1-15(14(16)19)11-17(9-10-20-15)13(18)8-7-12-5-3-2-4-6-12/h2-8H,9-11H2,1H3,(H2,16,19)/b8-7+/t15-/m1/s1. The second-order valence-electron chi connectivity index (χ2n) is 4.95. The minimum Gasteiger partial charge on any atom is -0.367 e. The second-order valence-corrected chi connectivity index (χ2v) is 4.95. The first kappa shape index (κ1) is 14.3. The number of nitrogens with zero attached hydrogens (tertiary/aromatic N) is 1. The van der Waals surface area contributed by atoms with E-state index < -0.39 is 11.5 Å². The Morgan fingerprint density at radius 1 is 1.35 bits per heavy atom. The normalized spacial score (nSPS) is 22.9. The van der Waals surface area contributed by atoms with E-state index in [1.54, 1.807) is 17.9 Å². The van der Waals surface area contributed by atoms with Crippen LogP contribution in [0.15, 0.2) is 36.4 Å². The SMILES string of the molecule is C[C@]1(C(N)=O)CN(C(=O)/C=C/c2ccccc2)CCO1. The van der Waals surface area contributed by atoms with Gasteiger partial charge in [0.25, 0.3) is 5.91 Å². The van der Waals surface area contributed by atoms with Crippen molar-refractivity contribution < 1.29 is 14.3 Å². The van der Waals surface area contributed by atoms with Gasteiger partial charge < -0.3 is 15.4 Å². The highest BCUT2D eigenvalue weighted by atomic mass is 16.5. The van der Waals surface area contributed by atoms with Crippen molar-refractivity contribution in [2.45, 2.75) is 12.5 Å². The van der Waals surface area contributed by atoms with Crippen molar-refractivity contribution in [2.75, 3.05) is 19.7 Å². The van der Waals surface area contributed by atoms with Crippen LogP contribution in [0.1, 0.15) is 12.5 Å². The van der Waals surface area contributed by atoms with E-state index in [-0.39, 0.29) is 12.5 Å². The van der Waals surface area contributed by atoms with E-state index in [1.165, 1.54) is 6.08 Å². The van der Waals surface area contributed by atoms with Crippen molar-refractivity contribution in [3.8, 4) is 0 Å². The van der Waals surface area contributed by atoms with Gasteiger partial charge in [0.15, 0.2) is 5.60 Å². The predicted octanol–water partition coefficient (Wildman–Crippen LogP) is 0.803. The molecule has 0 unspecified atom stereocenters. The molecule has 5 heteroatoms. The zero-order chi connectivity index (χ0) is 14.6. The summed E-state index contributed by atoms with van der Waals surface area (Å²) in [6, 6.07) is 9.55. The van der Waals surface area contributed by atoms with Gasteiger partial charge in [-0.1, -0.05) is 30.3 Å². The van der Waals surface area contributed by atoms with Crippen LogP contribution in [0, 0.1) is 0 Å². The summed E-state index contributed by atoms with van der Waals surface area (Å²) < 4.78 is 5.38. The molecule has 0 bridgehead atoms. The Morgan fingerprint density at radius 2 is 2.05 bits per heavy atom. The molecule has 0 spiro atoms. The van der Waals surface area contributed by atoms with Gasteiger partial charge in [0.2, 0.25) is 5.91 Å². The third-order valence-electron chi connectivity index (χ3n) is 3.33. The van der Waals surface area contributed by atoms with Crippen LogP contribution in [0.5, 0.6) is 0 Å². The summed E-state index contributed by atoms with van der Waals surface area (Å²) in [5.41, 5.74) is 5.16. The number of hydrogen-bond acceptors (Lipinski definition) is 3. The molecule has 2 rings (SSSR count). The van der Waals surface area contributed by atoms with E-state index in [1.807, 2.05) is 30.3 Å². The number of carbonyl (C=O) groups excluding carboxylic acids is 2.